The monoisotopic (exact) mass is 355 g/mol. The van der Waals surface area contributed by atoms with E-state index in [2.05, 4.69) is 28.4 Å². The molecule has 5 nitrogen and oxygen atoms in total. The molecule has 0 amide bonds. The van der Waals surface area contributed by atoms with Crippen molar-refractivity contribution in [1.29, 1.82) is 0 Å². The van der Waals surface area contributed by atoms with Gasteiger partial charge in [-0.2, -0.15) is 0 Å². The van der Waals surface area contributed by atoms with Gasteiger partial charge in [0.15, 0.2) is 5.69 Å². The number of aromatic nitrogens is 2. The summed E-state index contributed by atoms with van der Waals surface area (Å²) in [4.78, 5) is 15.7. The van der Waals surface area contributed by atoms with Gasteiger partial charge in [-0.1, -0.05) is 18.2 Å². The first-order valence-electron chi connectivity index (χ1n) is 7.83. The van der Waals surface area contributed by atoms with E-state index in [0.29, 0.717) is 10.9 Å². The summed E-state index contributed by atoms with van der Waals surface area (Å²) in [5.74, 6) is -0.761. The fourth-order valence-electron chi connectivity index (χ4n) is 2.99. The number of allylic oxidation sites excluding steroid dienone is 4. The summed E-state index contributed by atoms with van der Waals surface area (Å²) in [7, 11) is 0. The van der Waals surface area contributed by atoms with E-state index in [1.54, 1.807) is 0 Å². The topological polar surface area (TPSA) is 67.5 Å². The summed E-state index contributed by atoms with van der Waals surface area (Å²) >= 11 is 1.53. The highest BCUT2D eigenvalue weighted by atomic mass is 32.1. The number of fused-ring (bicyclic) bond motifs is 1. The smallest absolute Gasteiger partial charge is 0.222 e. The van der Waals surface area contributed by atoms with Crippen LogP contribution in [-0.4, -0.2) is 14.7 Å². The van der Waals surface area contributed by atoms with Gasteiger partial charge >= 0.3 is 0 Å². The summed E-state index contributed by atoms with van der Waals surface area (Å²) in [5, 5.41) is 16.3. The maximum atomic E-state index is 13.5. The summed E-state index contributed by atoms with van der Waals surface area (Å²) in [6.45, 7) is 0.275. The number of aromatic hydroxyl groups is 1. The Bertz CT molecular complexity index is 1030. The molecule has 1 aliphatic carbocycles. The third kappa shape index (κ3) is 2.76. The Hall–Kier alpha value is -2.80. The highest BCUT2D eigenvalue weighted by Crippen LogP contribution is 2.39. The number of halogens is 1. The first-order valence-corrected chi connectivity index (χ1v) is 8.71. The van der Waals surface area contributed by atoms with Crippen molar-refractivity contribution in [2.45, 2.75) is 19.4 Å². The van der Waals surface area contributed by atoms with Crippen molar-refractivity contribution in [2.24, 2.45) is 5.18 Å². The Morgan fingerprint density at radius 3 is 3.00 bits per heavy atom. The van der Waals surface area contributed by atoms with Gasteiger partial charge in [-0.3, -0.25) is 0 Å². The second-order valence-electron chi connectivity index (χ2n) is 5.79. The molecule has 2 aromatic heterocycles. The second kappa shape index (κ2) is 6.25. The van der Waals surface area contributed by atoms with Crippen LogP contribution in [0.15, 0.2) is 47.0 Å². The standard InChI is InChI=1S/C18H14FN3O2S/c19-12-6-7-15-14(8-12)16(21-24)18(23)22(15)9-13-10-25-17(20-13)11-4-2-1-3-5-11/h2,4-8,10,23H,1,3,9H2. The maximum absolute atomic E-state index is 13.5. The molecule has 126 valence electrons. The molecule has 25 heavy (non-hydrogen) atoms. The zero-order chi connectivity index (χ0) is 17.4. The van der Waals surface area contributed by atoms with E-state index in [1.807, 2.05) is 5.38 Å². The van der Waals surface area contributed by atoms with Crippen LogP contribution in [0.1, 0.15) is 23.5 Å². The highest BCUT2D eigenvalue weighted by Gasteiger charge is 2.19. The molecule has 0 fully saturated rings. The Morgan fingerprint density at radius 2 is 2.24 bits per heavy atom. The molecule has 0 radical (unpaired) electrons. The molecule has 0 bridgehead atoms. The third-order valence-electron chi connectivity index (χ3n) is 4.18. The van der Waals surface area contributed by atoms with Crippen molar-refractivity contribution < 1.29 is 9.50 Å². The zero-order valence-corrected chi connectivity index (χ0v) is 14.0. The molecule has 0 spiro atoms. The summed E-state index contributed by atoms with van der Waals surface area (Å²) in [6.07, 6.45) is 8.39. The molecule has 2 heterocycles. The molecular formula is C18H14FN3O2S. The van der Waals surface area contributed by atoms with Crippen LogP contribution in [-0.2, 0) is 6.54 Å². The minimum atomic E-state index is -0.485. The van der Waals surface area contributed by atoms with Crippen molar-refractivity contribution in [3.8, 4) is 5.88 Å². The van der Waals surface area contributed by atoms with E-state index >= 15 is 0 Å². The molecule has 1 aliphatic rings. The minimum absolute atomic E-state index is 0.150. The van der Waals surface area contributed by atoms with Gasteiger partial charge in [-0.25, -0.2) is 9.37 Å². The predicted octanol–water partition coefficient (Wildman–Crippen LogP) is 5.12. The average Bonchev–Trinajstić information content (AvgIpc) is 3.19. The molecule has 1 aromatic carbocycles. The molecule has 7 heteroatoms. The number of benzene rings is 1. The number of rotatable bonds is 4. The lowest BCUT2D eigenvalue weighted by atomic mass is 10.1. The van der Waals surface area contributed by atoms with Gasteiger partial charge in [0.2, 0.25) is 5.88 Å². The van der Waals surface area contributed by atoms with E-state index in [0.717, 1.165) is 29.1 Å². The van der Waals surface area contributed by atoms with Gasteiger partial charge in [0.05, 0.1) is 17.8 Å². The molecule has 3 aromatic rings. The van der Waals surface area contributed by atoms with Crippen LogP contribution in [0.5, 0.6) is 5.88 Å². The van der Waals surface area contributed by atoms with Crippen LogP contribution in [0, 0.1) is 10.7 Å². The van der Waals surface area contributed by atoms with Crippen molar-refractivity contribution >= 4 is 33.5 Å². The lowest BCUT2D eigenvalue weighted by Crippen LogP contribution is -1.99. The fraction of sp³-hybridized carbons (Fsp3) is 0.167. The summed E-state index contributed by atoms with van der Waals surface area (Å²) in [5.41, 5.74) is 2.25. The Balaban J connectivity index is 1.73. The molecule has 0 unspecified atom stereocenters. The molecular weight excluding hydrogens is 341 g/mol. The van der Waals surface area contributed by atoms with E-state index in [-0.39, 0.29) is 18.1 Å². The Labute approximate surface area is 146 Å². The van der Waals surface area contributed by atoms with Crippen molar-refractivity contribution in [1.82, 2.24) is 9.55 Å². The van der Waals surface area contributed by atoms with Gasteiger partial charge in [0.25, 0.3) is 0 Å². The largest absolute Gasteiger partial charge is 0.493 e. The summed E-state index contributed by atoms with van der Waals surface area (Å²) < 4.78 is 15.0. The van der Waals surface area contributed by atoms with Gasteiger partial charge < -0.3 is 9.67 Å². The molecule has 0 aliphatic heterocycles. The van der Waals surface area contributed by atoms with Crippen LogP contribution in [0.3, 0.4) is 0 Å². The van der Waals surface area contributed by atoms with E-state index in [4.69, 9.17) is 0 Å². The second-order valence-corrected chi connectivity index (χ2v) is 6.65. The van der Waals surface area contributed by atoms with Crippen LogP contribution >= 0.6 is 11.3 Å². The van der Waals surface area contributed by atoms with Crippen molar-refractivity contribution in [2.75, 3.05) is 0 Å². The van der Waals surface area contributed by atoms with E-state index < -0.39 is 5.82 Å². The van der Waals surface area contributed by atoms with Crippen LogP contribution in [0.25, 0.3) is 16.5 Å². The Morgan fingerprint density at radius 1 is 1.36 bits per heavy atom. The highest BCUT2D eigenvalue weighted by molar-refractivity contribution is 7.10. The fourth-order valence-corrected chi connectivity index (χ4v) is 3.82. The van der Waals surface area contributed by atoms with Crippen LogP contribution < -0.4 is 0 Å². The average molecular weight is 355 g/mol. The summed E-state index contributed by atoms with van der Waals surface area (Å²) in [6, 6.07) is 4.02. The molecule has 0 saturated heterocycles. The van der Waals surface area contributed by atoms with Gasteiger partial charge in [0.1, 0.15) is 10.8 Å². The minimum Gasteiger partial charge on any atom is -0.493 e. The quantitative estimate of drug-likeness (QED) is 0.660. The van der Waals surface area contributed by atoms with E-state index in [1.165, 1.54) is 34.1 Å². The number of thiazole rings is 1. The van der Waals surface area contributed by atoms with Gasteiger partial charge in [0, 0.05) is 16.3 Å². The first kappa shape index (κ1) is 15.7. The van der Waals surface area contributed by atoms with Crippen molar-refractivity contribution in [3.05, 3.63) is 63.2 Å². The number of nitroso groups, excluding NO2 is 1. The maximum Gasteiger partial charge on any atom is 0.222 e. The predicted molar refractivity (Wildman–Crippen MR) is 96.6 cm³/mol. The van der Waals surface area contributed by atoms with Crippen LogP contribution in [0.4, 0.5) is 10.1 Å². The molecule has 0 saturated carbocycles. The van der Waals surface area contributed by atoms with Crippen LogP contribution in [0.2, 0.25) is 0 Å². The number of hydrogen-bond acceptors (Lipinski definition) is 5. The Kier molecular flexibility index (Phi) is 3.93. The van der Waals surface area contributed by atoms with Gasteiger partial charge in [-0.05, 0) is 36.2 Å². The SMILES string of the molecule is O=Nc1c(O)n(Cc2csc(C3=CCCC=C3)n2)c2ccc(F)cc12. The normalized spacial score (nSPS) is 14.0. The first-order chi connectivity index (χ1) is 12.2. The lowest BCUT2D eigenvalue weighted by molar-refractivity contribution is 0.429. The van der Waals surface area contributed by atoms with E-state index in [9.17, 15) is 14.4 Å². The zero-order valence-electron chi connectivity index (χ0n) is 13.1. The number of hydrogen-bond donors (Lipinski definition) is 1. The van der Waals surface area contributed by atoms with Crippen molar-refractivity contribution in [3.63, 3.8) is 0 Å². The van der Waals surface area contributed by atoms with Gasteiger partial charge in [-0.15, -0.1) is 16.2 Å². The lowest BCUT2D eigenvalue weighted by Gasteiger charge is -2.05. The molecule has 4 rings (SSSR count). The number of nitrogens with zero attached hydrogens (tertiary/aromatic N) is 3. The molecule has 1 N–H and O–H groups in total. The molecule has 0 atom stereocenters. The third-order valence-corrected chi connectivity index (χ3v) is 5.12.